The van der Waals surface area contributed by atoms with Gasteiger partial charge in [-0.2, -0.15) is 29.9 Å². The molecule has 15 nitrogen and oxygen atoms in total. The fourth-order valence-electron chi connectivity index (χ4n) is 11.9. The average molecular weight is 1320 g/mol. The van der Waals surface area contributed by atoms with Crippen LogP contribution in [0.5, 0.6) is 0 Å². The predicted octanol–water partition coefficient (Wildman–Crippen LogP) is 20.7. The van der Waals surface area contributed by atoms with Crippen LogP contribution in [0.15, 0.2) is 146 Å². The van der Waals surface area contributed by atoms with Crippen LogP contribution in [0.2, 0.25) is 0 Å². The van der Waals surface area contributed by atoms with E-state index in [0.717, 1.165) is 66.8 Å². The van der Waals surface area contributed by atoms with E-state index < -0.39 is 0 Å². The van der Waals surface area contributed by atoms with Crippen LogP contribution in [0.25, 0.3) is 130 Å². The first kappa shape index (κ1) is 65.3. The Bertz CT molecular complexity index is 4450. The summed E-state index contributed by atoms with van der Waals surface area (Å²) in [4.78, 5) is 45.5. The van der Waals surface area contributed by atoms with Gasteiger partial charge in [-0.3, -0.25) is 0 Å². The smallest absolute Gasteiger partial charge is 0.235 e. The molecule has 0 spiro atoms. The van der Waals surface area contributed by atoms with Gasteiger partial charge in [0.25, 0.3) is 0 Å². The van der Waals surface area contributed by atoms with Crippen molar-refractivity contribution >= 4 is 97.7 Å². The second-order valence-electron chi connectivity index (χ2n) is 31.0. The minimum Gasteiger partial charge on any atom is -0.324 e. The van der Waals surface area contributed by atoms with Crippen LogP contribution in [-0.4, -0.2) is 75.4 Å². The molecule has 18 heteroatoms. The second kappa shape index (κ2) is 24.4. The third-order valence-electron chi connectivity index (χ3n) is 17.6. The Labute approximate surface area is 572 Å². The molecular weight excluding hydrogens is 1240 g/mol. The zero-order chi connectivity index (χ0) is 68.0. The third-order valence-corrected chi connectivity index (χ3v) is 19.7. The van der Waals surface area contributed by atoms with E-state index in [2.05, 4.69) is 285 Å². The Morgan fingerprint density at radius 3 is 0.438 bits per heavy atom. The van der Waals surface area contributed by atoms with Gasteiger partial charge in [-0.25, -0.2) is 0 Å². The number of H-pyrrole nitrogens is 3. The molecule has 0 saturated carbocycles. The number of hydrogen-bond acceptors (Lipinski definition) is 15. The molecule has 0 aliphatic rings. The van der Waals surface area contributed by atoms with E-state index in [0.29, 0.717) is 63.6 Å². The number of nitrogens with one attached hydrogen (secondary N) is 3. The van der Waals surface area contributed by atoms with Gasteiger partial charge in [-0.05, 0) is 99.3 Å². The second-order valence-corrected chi connectivity index (χ2v) is 33.8. The molecule has 0 radical (unpaired) electrons. The van der Waals surface area contributed by atoms with Crippen LogP contribution in [0.4, 0.5) is 0 Å². The molecule has 0 aliphatic carbocycles. The molecule has 0 unspecified atom stereocenters. The zero-order valence-corrected chi connectivity index (χ0v) is 60.4. The number of hydrogen-bond donors (Lipinski definition) is 3. The Kier molecular flexibility index (Phi) is 16.6. The first-order valence-corrected chi connectivity index (χ1v) is 35.0. The van der Waals surface area contributed by atoms with Crippen LogP contribution in [-0.2, 0) is 32.5 Å². The van der Waals surface area contributed by atoms with Gasteiger partial charge in [0.05, 0.1) is 0 Å². The van der Waals surface area contributed by atoms with Crippen molar-refractivity contribution in [2.24, 2.45) is 0 Å². The zero-order valence-electron chi connectivity index (χ0n) is 57.9. The van der Waals surface area contributed by atoms with Gasteiger partial charge in [-0.15, -0.1) is 30.6 Å². The maximum atomic E-state index is 5.36. The van der Waals surface area contributed by atoms with Crippen molar-refractivity contribution in [1.29, 1.82) is 0 Å². The number of fused-ring (bicyclic) bond motifs is 12. The summed E-state index contributed by atoms with van der Waals surface area (Å²) in [5, 5.41) is 28.4. The maximum absolute atomic E-state index is 5.36. The molecule has 12 bridgehead atoms. The summed E-state index contributed by atoms with van der Waals surface area (Å²) in [7, 11) is 0. The molecule has 3 N–H and O–H groups in total. The first-order valence-electron chi connectivity index (χ1n) is 32.5. The predicted molar refractivity (Wildman–Crippen MR) is 399 cm³/mol. The van der Waals surface area contributed by atoms with E-state index in [1.165, 1.54) is 67.4 Å². The molecule has 0 amide bonds. The van der Waals surface area contributed by atoms with Gasteiger partial charge in [0, 0.05) is 33.4 Å². The Morgan fingerprint density at radius 1 is 0.198 bits per heavy atom. The molecule has 0 aliphatic heterocycles. The van der Waals surface area contributed by atoms with Gasteiger partial charge in [0.1, 0.15) is 33.9 Å². The van der Waals surface area contributed by atoms with Crippen LogP contribution in [0, 0.1) is 0 Å². The van der Waals surface area contributed by atoms with E-state index in [-0.39, 0.29) is 32.5 Å². The molecule has 6 aromatic carbocycles. The number of aromatic nitrogens is 15. The highest BCUT2D eigenvalue weighted by atomic mass is 32.1. The first-order chi connectivity index (χ1) is 45.3. The standard InChI is InChI=1S/C78H81N15S3/c1-73(2,3)49-31-19-43(20-32-49)55-56(44-21-33-50(34-22-44)74(4,5)6)62-79-61(55)82-67-88-90-69(94-67)84-63-57(45-23-35-51(36-24-45)75(7,8)9)58(46-25-37-52(38-26-46)76(10,11)12)65(80-63)86-71-92-93-72(96-71)87-66-60(48-29-41-54(42-30-48)78(16,17)18)59(47-27-39-53(40-28-47)77(13,14)15)64(81-66)85-70-91-89-68(83-62)95-70/h19-42H,1-18H3,(H,79,82,83,88,89)(H,80,84,86,90,92)(H,81,85,87,91,93). The van der Waals surface area contributed by atoms with E-state index >= 15 is 0 Å². The molecule has 7 aromatic heterocycles. The summed E-state index contributed by atoms with van der Waals surface area (Å²) in [5.74, 6) is 0. The van der Waals surface area contributed by atoms with Crippen molar-refractivity contribution in [3.8, 4) is 66.8 Å². The lowest BCUT2D eigenvalue weighted by molar-refractivity contribution is 0.590. The fourth-order valence-corrected chi connectivity index (χ4v) is 13.7. The summed E-state index contributed by atoms with van der Waals surface area (Å²) < 4.78 is 0. The number of aromatic amines is 3. The number of rotatable bonds is 6. The quantitative estimate of drug-likeness (QED) is 0.142. The molecule has 0 fully saturated rings. The summed E-state index contributed by atoms with van der Waals surface area (Å²) in [6.07, 6.45) is 0. The summed E-state index contributed by atoms with van der Waals surface area (Å²) >= 11 is 3.82. The van der Waals surface area contributed by atoms with Crippen molar-refractivity contribution < 1.29 is 0 Å². The molecule has 486 valence electrons. The van der Waals surface area contributed by atoms with Crippen molar-refractivity contribution in [2.75, 3.05) is 0 Å². The monoisotopic (exact) mass is 1320 g/mol. The third kappa shape index (κ3) is 13.5. The SMILES string of the molecule is CC(C)(C)c1ccc(-c2c(-c3ccc(C(C)(C)C)cc3)c3nc4nnc(nc5[nH]c(nc6nnc(nc7[nH]c(nc8nnc(nc2[nH]3)s8)c(-c2ccc(C(C)(C)C)cc2)c7-c2ccc(C(C)(C)C)cc2)s6)c(-c2ccc(C(C)(C)C)cc2)c5-c2ccc(C(C)(C)C)cc2)s4)cc1. The molecule has 7 heterocycles. The topological polar surface area (TPSA) is 202 Å². The number of nitrogens with zero attached hydrogens (tertiary/aromatic N) is 12. The summed E-state index contributed by atoms with van der Waals surface area (Å²) in [6, 6.07) is 52.3. The highest BCUT2D eigenvalue weighted by Crippen LogP contribution is 2.44. The summed E-state index contributed by atoms with van der Waals surface area (Å²) in [6.45, 7) is 40.0. The lowest BCUT2D eigenvalue weighted by Gasteiger charge is -2.20. The van der Waals surface area contributed by atoms with E-state index in [9.17, 15) is 0 Å². The Morgan fingerprint density at radius 2 is 0.323 bits per heavy atom. The highest BCUT2D eigenvalue weighted by molar-refractivity contribution is 7.22. The molecule has 13 aromatic rings. The highest BCUT2D eigenvalue weighted by Gasteiger charge is 2.26. The molecular formula is C78H81N15S3. The van der Waals surface area contributed by atoms with Gasteiger partial charge >= 0.3 is 0 Å². The van der Waals surface area contributed by atoms with Gasteiger partial charge in [0.15, 0.2) is 0 Å². The lowest BCUT2D eigenvalue weighted by Crippen LogP contribution is -2.10. The number of benzene rings is 6. The van der Waals surface area contributed by atoms with Crippen LogP contribution >= 0.6 is 34.0 Å². The normalized spacial score (nSPS) is 12.7. The van der Waals surface area contributed by atoms with E-state index in [4.69, 9.17) is 60.5 Å². The Balaban J connectivity index is 1.18. The fraction of sp³-hybridized carbons (Fsp3) is 0.308. The molecule has 0 atom stereocenters. The largest absolute Gasteiger partial charge is 0.324 e. The maximum Gasteiger partial charge on any atom is 0.235 e. The van der Waals surface area contributed by atoms with E-state index in [1.54, 1.807) is 0 Å². The van der Waals surface area contributed by atoms with Crippen molar-refractivity contribution in [2.45, 2.75) is 157 Å². The minimum atomic E-state index is -0.0878. The molecule has 13 rings (SSSR count). The molecule has 96 heavy (non-hydrogen) atoms. The van der Waals surface area contributed by atoms with Gasteiger partial charge < -0.3 is 15.0 Å². The van der Waals surface area contributed by atoms with Crippen molar-refractivity contribution in [3.05, 3.63) is 179 Å². The van der Waals surface area contributed by atoms with Crippen LogP contribution < -0.4 is 0 Å². The van der Waals surface area contributed by atoms with Crippen molar-refractivity contribution in [1.82, 2.24) is 75.4 Å². The Hall–Kier alpha value is -9.36. The summed E-state index contributed by atoms with van der Waals surface area (Å²) in [5.41, 5.74) is 20.5. The van der Waals surface area contributed by atoms with Crippen LogP contribution in [0.1, 0.15) is 158 Å². The average Bonchev–Trinajstić information content (AvgIpc) is 1.61. The van der Waals surface area contributed by atoms with Gasteiger partial charge in [0.2, 0.25) is 29.8 Å². The minimum absolute atomic E-state index is 0.0878. The van der Waals surface area contributed by atoms with Gasteiger partial charge in [-0.1, -0.05) is 304 Å². The van der Waals surface area contributed by atoms with E-state index in [1.807, 2.05) is 0 Å². The van der Waals surface area contributed by atoms with Crippen molar-refractivity contribution in [3.63, 3.8) is 0 Å². The van der Waals surface area contributed by atoms with Crippen LogP contribution in [0.3, 0.4) is 0 Å². The lowest BCUT2D eigenvalue weighted by atomic mass is 9.85. The molecule has 0 saturated heterocycles.